The Balaban J connectivity index is 1.15. The zero-order valence-corrected chi connectivity index (χ0v) is 26.5. The average Bonchev–Trinajstić information content (AvgIpc) is 3.67. The molecule has 246 valence electrons. The topological polar surface area (TPSA) is 183 Å². The Morgan fingerprint density at radius 1 is 1.04 bits per heavy atom. The van der Waals surface area contributed by atoms with Gasteiger partial charge in [0.1, 0.15) is 11.8 Å². The number of phenolic OH excluding ortho intramolecular Hbond substituents is 1. The largest absolute Gasteiger partial charge is 0.507 e. The number of aliphatic hydroxyl groups excluding tert-OH is 2. The second kappa shape index (κ2) is 10.5. The van der Waals surface area contributed by atoms with Gasteiger partial charge in [0.25, 0.3) is 0 Å². The van der Waals surface area contributed by atoms with Crippen LogP contribution in [0.2, 0.25) is 0 Å². The molecular formula is C36H26N2O10S. The van der Waals surface area contributed by atoms with Gasteiger partial charge in [-0.05, 0) is 60.5 Å². The van der Waals surface area contributed by atoms with Gasteiger partial charge in [-0.3, -0.25) is 14.5 Å². The van der Waals surface area contributed by atoms with Gasteiger partial charge in [-0.2, -0.15) is 0 Å². The molecule has 0 unspecified atom stereocenters. The number of benzene rings is 3. The Morgan fingerprint density at radius 3 is 2.33 bits per heavy atom. The summed E-state index contributed by atoms with van der Waals surface area (Å²) in [7, 11) is -3.90. The second-order valence-corrected chi connectivity index (χ2v) is 14.3. The summed E-state index contributed by atoms with van der Waals surface area (Å²) < 4.78 is 36.6. The van der Waals surface area contributed by atoms with Crippen LogP contribution in [-0.4, -0.2) is 76.1 Å². The minimum atomic E-state index is -3.90. The summed E-state index contributed by atoms with van der Waals surface area (Å²) in [5, 5.41) is 36.8. The van der Waals surface area contributed by atoms with E-state index >= 15 is 0 Å². The molecule has 1 fully saturated rings. The lowest BCUT2D eigenvalue weighted by Crippen LogP contribution is -2.54. The van der Waals surface area contributed by atoms with E-state index in [1.165, 1.54) is 54.3 Å². The number of phenols is 1. The molecule has 13 heteroatoms. The SMILES string of the molecule is C[C@@H](O)[C@@]12O[C@]13c1cc(O)c4c(c1N[C@H]2C#C/C=C\C#C[C@H]3O)C(=O)c1cc2c(cc1C4=O)CN(C(=O)OCS(=O)(=O)c1ccccc1)C2. The van der Waals surface area contributed by atoms with E-state index in [1.807, 2.05) is 0 Å². The van der Waals surface area contributed by atoms with Gasteiger partial charge in [-0.15, -0.1) is 0 Å². The Hall–Kier alpha value is -5.44. The molecule has 3 aromatic carbocycles. The number of fused-ring (bicyclic) bond motifs is 5. The first-order chi connectivity index (χ1) is 23.4. The quantitative estimate of drug-likeness (QED) is 0.141. The lowest BCUT2D eigenvalue weighted by atomic mass is 9.69. The number of epoxide rings is 1. The summed E-state index contributed by atoms with van der Waals surface area (Å²) in [5.41, 5.74) is -2.21. The van der Waals surface area contributed by atoms with Crippen LogP contribution in [0.3, 0.4) is 0 Å². The number of aromatic hydroxyl groups is 1. The molecule has 12 nitrogen and oxygen atoms in total. The Kier molecular flexibility index (Phi) is 6.63. The van der Waals surface area contributed by atoms with Crippen molar-refractivity contribution in [3.8, 4) is 29.4 Å². The van der Waals surface area contributed by atoms with Gasteiger partial charge < -0.3 is 30.1 Å². The van der Waals surface area contributed by atoms with Crippen LogP contribution in [0.1, 0.15) is 55.5 Å². The van der Waals surface area contributed by atoms with Crippen LogP contribution in [0.5, 0.6) is 5.75 Å². The normalized spacial score (nSPS) is 26.5. The molecule has 2 aliphatic carbocycles. The Labute approximate surface area is 279 Å². The smallest absolute Gasteiger partial charge is 0.411 e. The van der Waals surface area contributed by atoms with Gasteiger partial charge in [0.05, 0.1) is 27.8 Å². The molecule has 3 aromatic rings. The molecule has 49 heavy (non-hydrogen) atoms. The van der Waals surface area contributed by atoms with Gasteiger partial charge in [0.15, 0.2) is 34.8 Å². The molecule has 2 bridgehead atoms. The van der Waals surface area contributed by atoms with Gasteiger partial charge in [0.2, 0.25) is 9.84 Å². The number of ether oxygens (including phenoxy) is 2. The van der Waals surface area contributed by atoms with E-state index in [9.17, 15) is 38.1 Å². The maximum absolute atomic E-state index is 14.3. The number of ketones is 2. The van der Waals surface area contributed by atoms with Crippen molar-refractivity contribution in [3.63, 3.8) is 0 Å². The first-order valence-corrected chi connectivity index (χ1v) is 16.9. The fourth-order valence-corrected chi connectivity index (χ4v) is 8.34. The summed E-state index contributed by atoms with van der Waals surface area (Å²) in [5.74, 6) is 8.55. The van der Waals surface area contributed by atoms with Crippen molar-refractivity contribution in [3.05, 3.63) is 99.6 Å². The van der Waals surface area contributed by atoms with E-state index in [2.05, 4.69) is 29.0 Å². The number of allylic oxidation sites excluding steroid dienone is 2. The van der Waals surface area contributed by atoms with E-state index in [-0.39, 0.29) is 51.5 Å². The highest BCUT2D eigenvalue weighted by molar-refractivity contribution is 7.91. The van der Waals surface area contributed by atoms with Gasteiger partial charge >= 0.3 is 6.09 Å². The van der Waals surface area contributed by atoms with Crippen molar-refractivity contribution >= 4 is 33.2 Å². The van der Waals surface area contributed by atoms with Crippen molar-refractivity contribution < 1.29 is 47.6 Å². The number of amides is 1. The molecule has 1 amide bonds. The predicted octanol–water partition coefficient (Wildman–Crippen LogP) is 2.13. The highest BCUT2D eigenvalue weighted by Gasteiger charge is 2.82. The van der Waals surface area contributed by atoms with Crippen LogP contribution >= 0.6 is 0 Å². The van der Waals surface area contributed by atoms with Gasteiger partial charge in [-0.25, -0.2) is 13.2 Å². The lowest BCUT2D eigenvalue weighted by Gasteiger charge is -2.37. The molecule has 0 aromatic heterocycles. The lowest BCUT2D eigenvalue weighted by molar-refractivity contribution is 0.0867. The number of anilines is 1. The third kappa shape index (κ3) is 4.24. The summed E-state index contributed by atoms with van der Waals surface area (Å²) in [4.78, 5) is 42.6. The van der Waals surface area contributed by atoms with Crippen molar-refractivity contribution in [2.24, 2.45) is 0 Å². The minimum absolute atomic E-state index is 0.00606. The molecule has 5 aliphatic rings. The predicted molar refractivity (Wildman–Crippen MR) is 171 cm³/mol. The van der Waals surface area contributed by atoms with Crippen LogP contribution in [0.15, 0.2) is 65.6 Å². The van der Waals surface area contributed by atoms with Crippen molar-refractivity contribution in [2.45, 2.75) is 54.4 Å². The van der Waals surface area contributed by atoms with E-state index in [1.54, 1.807) is 18.2 Å². The number of sulfone groups is 1. The number of rotatable bonds is 4. The number of hydrogen-bond acceptors (Lipinski definition) is 11. The molecule has 0 spiro atoms. The van der Waals surface area contributed by atoms with Crippen molar-refractivity contribution in [1.29, 1.82) is 0 Å². The molecule has 4 N–H and O–H groups in total. The van der Waals surface area contributed by atoms with Crippen molar-refractivity contribution in [1.82, 2.24) is 4.90 Å². The maximum atomic E-state index is 14.3. The highest BCUT2D eigenvalue weighted by atomic mass is 32.2. The number of hydrogen-bond donors (Lipinski definition) is 4. The molecule has 1 saturated heterocycles. The molecule has 3 heterocycles. The first-order valence-electron chi connectivity index (χ1n) is 15.3. The molecule has 3 aliphatic heterocycles. The van der Waals surface area contributed by atoms with Crippen LogP contribution in [0.4, 0.5) is 10.5 Å². The third-order valence-corrected chi connectivity index (χ3v) is 11.1. The standard InChI is InChI=1S/C36H26N2O10S/c1-19(39)35-27-11-7-2-3-8-12-28(41)36(35,48-35)25-15-26(40)29-30(31(25)37-27)33(43)24-14-21-17-38(16-20(21)13-23(24)32(29)42)34(44)47-18-49(45,46)22-9-5-4-6-10-22/h2-6,9-10,13-15,19,27-28,37,39-41H,16-18H2,1H3/b3-2-/t19-,27+,28-,35+,36+/m1/s1. The second-order valence-electron chi connectivity index (χ2n) is 12.4. The van der Waals surface area contributed by atoms with Gasteiger partial charge in [0, 0.05) is 29.8 Å². The summed E-state index contributed by atoms with van der Waals surface area (Å²) in [6.45, 7) is 1.46. The van der Waals surface area contributed by atoms with E-state index in [0.717, 1.165) is 0 Å². The molecule has 8 rings (SSSR count). The molecule has 0 radical (unpaired) electrons. The summed E-state index contributed by atoms with van der Waals surface area (Å²) in [6.07, 6.45) is -0.652. The number of nitrogens with one attached hydrogen (secondary N) is 1. The zero-order chi connectivity index (χ0) is 34.5. The number of carbonyl (C=O) groups excluding carboxylic acids is 3. The summed E-state index contributed by atoms with van der Waals surface area (Å²) in [6, 6.07) is 10.9. The Morgan fingerprint density at radius 2 is 1.67 bits per heavy atom. The van der Waals surface area contributed by atoms with Crippen LogP contribution in [0.25, 0.3) is 0 Å². The number of carbonyl (C=O) groups is 3. The fraction of sp³-hybridized carbons (Fsp3) is 0.250. The van der Waals surface area contributed by atoms with E-state index < -0.39 is 68.6 Å². The maximum Gasteiger partial charge on any atom is 0.411 e. The number of aliphatic hydroxyl groups is 2. The van der Waals surface area contributed by atoms with Crippen LogP contribution in [0, 0.1) is 23.7 Å². The molecular weight excluding hydrogens is 652 g/mol. The average molecular weight is 679 g/mol. The van der Waals surface area contributed by atoms with Gasteiger partial charge in [-0.1, -0.05) is 41.9 Å². The first kappa shape index (κ1) is 30.9. The number of nitrogens with zero attached hydrogens (tertiary/aromatic N) is 1. The third-order valence-electron chi connectivity index (χ3n) is 9.70. The highest BCUT2D eigenvalue weighted by Crippen LogP contribution is 2.67. The molecule has 5 atom stereocenters. The fourth-order valence-electron chi connectivity index (χ4n) is 7.38. The zero-order valence-electron chi connectivity index (χ0n) is 25.7. The van der Waals surface area contributed by atoms with E-state index in [4.69, 9.17) is 9.47 Å². The minimum Gasteiger partial charge on any atom is -0.507 e. The van der Waals surface area contributed by atoms with Crippen LogP contribution in [-0.2, 0) is 38.0 Å². The van der Waals surface area contributed by atoms with E-state index in [0.29, 0.717) is 11.1 Å². The monoisotopic (exact) mass is 678 g/mol. The summed E-state index contributed by atoms with van der Waals surface area (Å²) >= 11 is 0. The molecule has 0 saturated carbocycles. The van der Waals surface area contributed by atoms with Crippen molar-refractivity contribution in [2.75, 3.05) is 11.3 Å². The van der Waals surface area contributed by atoms with Crippen LogP contribution < -0.4 is 5.32 Å². The Bertz CT molecular complexity index is 2310.